The van der Waals surface area contributed by atoms with Crippen LogP contribution < -0.4 is 5.32 Å². The summed E-state index contributed by atoms with van der Waals surface area (Å²) >= 11 is 6.09. The van der Waals surface area contributed by atoms with E-state index < -0.39 is 0 Å². The van der Waals surface area contributed by atoms with Crippen molar-refractivity contribution in [3.63, 3.8) is 0 Å². The zero-order valence-electron chi connectivity index (χ0n) is 10.9. The molecule has 1 atom stereocenters. The van der Waals surface area contributed by atoms with Crippen molar-refractivity contribution < 1.29 is 0 Å². The third-order valence-electron chi connectivity index (χ3n) is 3.07. The number of halogens is 1. The summed E-state index contributed by atoms with van der Waals surface area (Å²) in [4.78, 5) is 4.26. The highest BCUT2D eigenvalue weighted by molar-refractivity contribution is 6.30. The van der Waals surface area contributed by atoms with E-state index in [1.54, 1.807) is 0 Å². The lowest BCUT2D eigenvalue weighted by Crippen LogP contribution is -2.19. The molecule has 0 fully saturated rings. The number of hydrogen-bond donors (Lipinski definition) is 1. The van der Waals surface area contributed by atoms with Crippen LogP contribution in [0.15, 0.2) is 36.7 Å². The van der Waals surface area contributed by atoms with E-state index in [2.05, 4.69) is 23.3 Å². The van der Waals surface area contributed by atoms with Gasteiger partial charge in [0.15, 0.2) is 0 Å². The van der Waals surface area contributed by atoms with Crippen LogP contribution >= 0.6 is 11.6 Å². The van der Waals surface area contributed by atoms with E-state index in [0.29, 0.717) is 0 Å². The fraction of sp³-hybridized carbons (Fsp3) is 0.267. The highest BCUT2D eigenvalue weighted by atomic mass is 35.5. The zero-order valence-corrected chi connectivity index (χ0v) is 11.6. The molecule has 18 heavy (non-hydrogen) atoms. The van der Waals surface area contributed by atoms with Gasteiger partial charge in [-0.25, -0.2) is 0 Å². The van der Waals surface area contributed by atoms with Crippen LogP contribution in [0.25, 0.3) is 0 Å². The van der Waals surface area contributed by atoms with Crippen molar-refractivity contribution >= 4 is 11.6 Å². The van der Waals surface area contributed by atoms with Gasteiger partial charge in [-0.2, -0.15) is 0 Å². The Morgan fingerprint density at radius 2 is 1.94 bits per heavy atom. The van der Waals surface area contributed by atoms with Gasteiger partial charge in [0.05, 0.1) is 6.04 Å². The summed E-state index contributed by atoms with van der Waals surface area (Å²) in [6.07, 6.45) is 3.76. The number of aromatic nitrogens is 1. The van der Waals surface area contributed by atoms with E-state index in [1.807, 2.05) is 44.6 Å². The molecule has 1 unspecified atom stereocenters. The maximum atomic E-state index is 6.09. The van der Waals surface area contributed by atoms with Gasteiger partial charge in [0.1, 0.15) is 0 Å². The molecular formula is C15H17ClN2. The molecule has 0 radical (unpaired) electrons. The molecule has 94 valence electrons. The predicted molar refractivity (Wildman–Crippen MR) is 76.1 cm³/mol. The Labute approximate surface area is 113 Å². The van der Waals surface area contributed by atoms with Gasteiger partial charge in [-0.05, 0) is 55.3 Å². The van der Waals surface area contributed by atoms with Crippen LogP contribution in [0.4, 0.5) is 0 Å². The molecule has 1 N–H and O–H groups in total. The Bertz CT molecular complexity index is 552. The van der Waals surface area contributed by atoms with Gasteiger partial charge in [0, 0.05) is 17.4 Å². The first-order valence-corrected chi connectivity index (χ1v) is 6.34. The normalized spacial score (nSPS) is 12.4. The SMILES string of the molecule is CNC(c1cncc(C)c1)c1cc(Cl)ccc1C. The Morgan fingerprint density at radius 1 is 1.17 bits per heavy atom. The van der Waals surface area contributed by atoms with Crippen molar-refractivity contribution in [1.29, 1.82) is 0 Å². The van der Waals surface area contributed by atoms with Crippen LogP contribution in [-0.4, -0.2) is 12.0 Å². The molecule has 0 amide bonds. The zero-order chi connectivity index (χ0) is 13.1. The summed E-state index contributed by atoms with van der Waals surface area (Å²) < 4.78 is 0. The highest BCUT2D eigenvalue weighted by Crippen LogP contribution is 2.27. The summed E-state index contributed by atoms with van der Waals surface area (Å²) in [5.41, 5.74) is 4.73. The summed E-state index contributed by atoms with van der Waals surface area (Å²) in [6, 6.07) is 8.25. The average molecular weight is 261 g/mol. The first-order valence-electron chi connectivity index (χ1n) is 5.96. The smallest absolute Gasteiger partial charge is 0.0592 e. The lowest BCUT2D eigenvalue weighted by atomic mass is 9.95. The van der Waals surface area contributed by atoms with Gasteiger partial charge in [0.2, 0.25) is 0 Å². The molecule has 2 nitrogen and oxygen atoms in total. The number of pyridine rings is 1. The summed E-state index contributed by atoms with van der Waals surface area (Å²) in [6.45, 7) is 4.15. The molecule has 0 saturated heterocycles. The van der Waals surface area contributed by atoms with Crippen LogP contribution in [0.5, 0.6) is 0 Å². The van der Waals surface area contributed by atoms with Crippen molar-refractivity contribution in [2.24, 2.45) is 0 Å². The summed E-state index contributed by atoms with van der Waals surface area (Å²) in [5, 5.41) is 4.09. The minimum atomic E-state index is 0.121. The number of nitrogens with zero attached hydrogens (tertiary/aromatic N) is 1. The Balaban J connectivity index is 2.48. The van der Waals surface area contributed by atoms with Gasteiger partial charge in [-0.3, -0.25) is 4.98 Å². The van der Waals surface area contributed by atoms with Crippen molar-refractivity contribution in [2.75, 3.05) is 7.05 Å². The number of benzene rings is 1. The largest absolute Gasteiger partial charge is 0.309 e. The lowest BCUT2D eigenvalue weighted by Gasteiger charge is -2.19. The highest BCUT2D eigenvalue weighted by Gasteiger charge is 2.15. The standard InChI is InChI=1S/C15H17ClN2/c1-10-6-12(9-18-8-10)15(17-3)14-7-13(16)5-4-11(14)2/h4-9,15,17H,1-3H3. The average Bonchev–Trinajstić information content (AvgIpc) is 2.35. The number of nitrogens with one attached hydrogen (secondary N) is 1. The lowest BCUT2D eigenvalue weighted by molar-refractivity contribution is 0.684. The van der Waals surface area contributed by atoms with Crippen molar-refractivity contribution in [3.8, 4) is 0 Å². The number of rotatable bonds is 3. The van der Waals surface area contributed by atoms with Gasteiger partial charge >= 0.3 is 0 Å². The summed E-state index contributed by atoms with van der Waals surface area (Å²) in [5.74, 6) is 0. The Hall–Kier alpha value is -1.38. The van der Waals surface area contributed by atoms with Gasteiger partial charge < -0.3 is 5.32 Å². The first-order chi connectivity index (χ1) is 8.61. The van der Waals surface area contributed by atoms with Crippen molar-refractivity contribution in [3.05, 3.63) is 63.9 Å². The Kier molecular flexibility index (Phi) is 4.00. The summed E-state index contributed by atoms with van der Waals surface area (Å²) in [7, 11) is 1.95. The molecule has 1 aromatic heterocycles. The fourth-order valence-electron chi connectivity index (χ4n) is 2.16. The molecule has 0 saturated carbocycles. The predicted octanol–water partition coefficient (Wildman–Crippen LogP) is 3.66. The van der Waals surface area contributed by atoms with E-state index in [-0.39, 0.29) is 6.04 Å². The van der Waals surface area contributed by atoms with Crippen molar-refractivity contribution in [2.45, 2.75) is 19.9 Å². The molecule has 0 aliphatic rings. The molecule has 0 bridgehead atoms. The first kappa shape index (κ1) is 13.1. The Morgan fingerprint density at radius 3 is 2.61 bits per heavy atom. The van der Waals surface area contributed by atoms with Crippen LogP contribution in [0.2, 0.25) is 5.02 Å². The molecule has 1 heterocycles. The second-order valence-electron chi connectivity index (χ2n) is 4.52. The van der Waals surface area contributed by atoms with Crippen LogP contribution in [0.1, 0.15) is 28.3 Å². The quantitative estimate of drug-likeness (QED) is 0.911. The maximum absolute atomic E-state index is 6.09. The van der Waals surface area contributed by atoms with E-state index >= 15 is 0 Å². The molecule has 0 aliphatic heterocycles. The minimum absolute atomic E-state index is 0.121. The van der Waals surface area contributed by atoms with Crippen LogP contribution in [-0.2, 0) is 0 Å². The fourth-order valence-corrected chi connectivity index (χ4v) is 2.34. The van der Waals surface area contributed by atoms with Crippen LogP contribution in [0, 0.1) is 13.8 Å². The minimum Gasteiger partial charge on any atom is -0.309 e. The molecule has 1 aromatic carbocycles. The molecule has 0 spiro atoms. The topological polar surface area (TPSA) is 24.9 Å². The van der Waals surface area contributed by atoms with Gasteiger partial charge in [-0.15, -0.1) is 0 Å². The van der Waals surface area contributed by atoms with Gasteiger partial charge in [0.25, 0.3) is 0 Å². The van der Waals surface area contributed by atoms with E-state index in [1.165, 1.54) is 11.1 Å². The third-order valence-corrected chi connectivity index (χ3v) is 3.31. The number of hydrogen-bond acceptors (Lipinski definition) is 2. The molecular weight excluding hydrogens is 244 g/mol. The molecule has 3 heteroatoms. The molecule has 2 aromatic rings. The number of aryl methyl sites for hydroxylation is 2. The van der Waals surface area contributed by atoms with E-state index in [4.69, 9.17) is 11.6 Å². The maximum Gasteiger partial charge on any atom is 0.0592 e. The van der Waals surface area contributed by atoms with E-state index in [9.17, 15) is 0 Å². The van der Waals surface area contributed by atoms with E-state index in [0.717, 1.165) is 16.1 Å². The van der Waals surface area contributed by atoms with Crippen LogP contribution in [0.3, 0.4) is 0 Å². The monoisotopic (exact) mass is 260 g/mol. The molecule has 0 aliphatic carbocycles. The van der Waals surface area contributed by atoms with Gasteiger partial charge in [-0.1, -0.05) is 23.7 Å². The second kappa shape index (κ2) is 5.51. The van der Waals surface area contributed by atoms with Crippen molar-refractivity contribution in [1.82, 2.24) is 10.3 Å². The molecule has 2 rings (SSSR count). The second-order valence-corrected chi connectivity index (χ2v) is 4.95. The third kappa shape index (κ3) is 2.71.